The molecule has 0 saturated heterocycles. The molecule has 0 aliphatic carbocycles. The lowest BCUT2D eigenvalue weighted by atomic mass is 10.2. The predicted molar refractivity (Wildman–Crippen MR) is 42.1 cm³/mol. The normalized spacial score (nSPS) is 10.0. The van der Waals surface area contributed by atoms with Gasteiger partial charge in [-0.05, 0) is 20.8 Å². The average Bonchev–Trinajstić information content (AvgIpc) is 1.84. The van der Waals surface area contributed by atoms with E-state index in [1.54, 1.807) is 20.8 Å². The van der Waals surface area contributed by atoms with Crippen molar-refractivity contribution in [2.24, 2.45) is 5.10 Å². The van der Waals surface area contributed by atoms with Gasteiger partial charge < -0.3 is 4.74 Å². The lowest BCUT2D eigenvalue weighted by molar-refractivity contribution is 0.0303. The van der Waals surface area contributed by atoms with E-state index in [0.717, 1.165) is 5.01 Å². The highest BCUT2D eigenvalue weighted by molar-refractivity contribution is 5.67. The molecule has 0 fully saturated rings. The molecule has 68 valence electrons. The fraction of sp³-hybridized carbons (Fsp3) is 0.714. The first-order valence-corrected chi connectivity index (χ1v) is 3.41. The molecule has 0 heterocycles. The predicted octanol–water partition coefficient (Wildman–Crippen LogP) is 1.10. The smallest absolute Gasteiger partial charge is 0.431 e. The molecule has 0 aromatic rings. The molecule has 0 atom stereocenters. The Kier molecular flexibility index (Phi) is 3.44. The van der Waals surface area contributed by atoms with Crippen LogP contribution in [0.4, 0.5) is 4.79 Å². The number of hydrazone groups is 1. The zero-order valence-electron chi connectivity index (χ0n) is 7.62. The zero-order valence-corrected chi connectivity index (χ0v) is 7.62. The van der Waals surface area contributed by atoms with Crippen LogP contribution in [-0.4, -0.2) is 29.8 Å². The number of isocyanates is 1. The summed E-state index contributed by atoms with van der Waals surface area (Å²) in [6.45, 7) is 5.18. The second kappa shape index (κ2) is 3.88. The summed E-state index contributed by atoms with van der Waals surface area (Å²) < 4.78 is 4.87. The molecule has 0 bridgehead atoms. The maximum Gasteiger partial charge on any atom is 0.431 e. The van der Waals surface area contributed by atoms with E-state index in [1.807, 2.05) is 0 Å². The quantitative estimate of drug-likeness (QED) is 0.338. The number of amides is 1. The molecule has 0 aromatic heterocycles. The molecule has 0 N–H and O–H groups in total. The molecule has 0 aliphatic rings. The Bertz CT molecular complexity index is 213. The minimum Gasteiger partial charge on any atom is -0.442 e. The van der Waals surface area contributed by atoms with E-state index < -0.39 is 11.7 Å². The molecule has 0 radical (unpaired) electrons. The molecule has 1 amide bonds. The van der Waals surface area contributed by atoms with E-state index in [2.05, 4.69) is 5.10 Å². The Morgan fingerprint density at radius 1 is 1.50 bits per heavy atom. The summed E-state index contributed by atoms with van der Waals surface area (Å²) in [5.41, 5.74) is -0.580. The molecule has 0 spiro atoms. The molecule has 0 saturated carbocycles. The second-order valence-corrected chi connectivity index (χ2v) is 3.20. The lowest BCUT2D eigenvalue weighted by Gasteiger charge is -2.21. The van der Waals surface area contributed by atoms with Gasteiger partial charge in [0.25, 0.3) is 6.08 Å². The fourth-order valence-corrected chi connectivity index (χ4v) is 0.430. The average molecular weight is 172 g/mol. The standard InChI is InChI=1S/C7H12N2O3/c1-7(2,3)12-6(11)9(4)8-5-10/h1-4H3. The maximum absolute atomic E-state index is 11.0. The van der Waals surface area contributed by atoms with E-state index >= 15 is 0 Å². The van der Waals surface area contributed by atoms with Gasteiger partial charge in [0, 0.05) is 7.05 Å². The maximum atomic E-state index is 11.0. The van der Waals surface area contributed by atoms with E-state index in [-0.39, 0.29) is 0 Å². The van der Waals surface area contributed by atoms with Gasteiger partial charge in [0.2, 0.25) is 0 Å². The molecule has 5 nitrogen and oxygen atoms in total. The highest BCUT2D eigenvalue weighted by Gasteiger charge is 2.18. The minimum atomic E-state index is -0.675. The van der Waals surface area contributed by atoms with Crippen molar-refractivity contribution in [2.75, 3.05) is 7.05 Å². The summed E-state index contributed by atoms with van der Waals surface area (Å²) in [5, 5.41) is 3.85. The molecule has 12 heavy (non-hydrogen) atoms. The first-order chi connectivity index (χ1) is 5.37. The third-order valence-electron chi connectivity index (χ3n) is 0.849. The first kappa shape index (κ1) is 10.7. The van der Waals surface area contributed by atoms with Crippen LogP contribution in [0.3, 0.4) is 0 Å². The van der Waals surface area contributed by atoms with Crippen molar-refractivity contribution in [3.63, 3.8) is 0 Å². The Morgan fingerprint density at radius 3 is 2.33 bits per heavy atom. The van der Waals surface area contributed by atoms with Crippen molar-refractivity contribution in [3.05, 3.63) is 0 Å². The molecule has 0 aliphatic heterocycles. The second-order valence-electron chi connectivity index (χ2n) is 3.20. The Labute approximate surface area is 71.0 Å². The number of hydrogen-bond donors (Lipinski definition) is 0. The summed E-state index contributed by atoms with van der Waals surface area (Å²) in [4.78, 5) is 20.7. The summed E-state index contributed by atoms with van der Waals surface area (Å²) in [6, 6.07) is 0. The topological polar surface area (TPSA) is 59.0 Å². The van der Waals surface area contributed by atoms with E-state index in [1.165, 1.54) is 13.1 Å². The molecule has 0 aromatic carbocycles. The number of carbonyl (C=O) groups excluding carboxylic acids is 2. The van der Waals surface area contributed by atoms with Gasteiger partial charge >= 0.3 is 6.09 Å². The van der Waals surface area contributed by atoms with Crippen LogP contribution in [0.2, 0.25) is 0 Å². The fourth-order valence-electron chi connectivity index (χ4n) is 0.430. The Morgan fingerprint density at radius 2 is 2.00 bits per heavy atom. The number of hydrogen-bond acceptors (Lipinski definition) is 4. The lowest BCUT2D eigenvalue weighted by Crippen LogP contribution is -2.31. The van der Waals surface area contributed by atoms with Crippen LogP contribution in [0.25, 0.3) is 0 Å². The highest BCUT2D eigenvalue weighted by Crippen LogP contribution is 2.08. The van der Waals surface area contributed by atoms with Crippen LogP contribution in [0, 0.1) is 0 Å². The van der Waals surface area contributed by atoms with Gasteiger partial charge in [0.05, 0.1) is 0 Å². The monoisotopic (exact) mass is 172 g/mol. The van der Waals surface area contributed by atoms with Crippen molar-refractivity contribution in [1.29, 1.82) is 0 Å². The Hall–Kier alpha value is -1.35. The summed E-state index contributed by atoms with van der Waals surface area (Å²) in [5.74, 6) is 0. The molecular weight excluding hydrogens is 160 g/mol. The van der Waals surface area contributed by atoms with Crippen LogP contribution in [0.15, 0.2) is 5.10 Å². The third kappa shape index (κ3) is 4.46. The first-order valence-electron chi connectivity index (χ1n) is 3.41. The highest BCUT2D eigenvalue weighted by atomic mass is 16.6. The van der Waals surface area contributed by atoms with Crippen molar-refractivity contribution >= 4 is 12.2 Å². The van der Waals surface area contributed by atoms with E-state index in [4.69, 9.17) is 4.74 Å². The van der Waals surface area contributed by atoms with Crippen LogP contribution in [-0.2, 0) is 9.53 Å². The van der Waals surface area contributed by atoms with Gasteiger partial charge in [0.1, 0.15) is 5.60 Å². The summed E-state index contributed by atoms with van der Waals surface area (Å²) in [7, 11) is 1.32. The summed E-state index contributed by atoms with van der Waals surface area (Å²) in [6.07, 6.45) is 0.559. The van der Waals surface area contributed by atoms with Crippen LogP contribution in [0.1, 0.15) is 20.8 Å². The largest absolute Gasteiger partial charge is 0.442 e. The SMILES string of the molecule is CN(N=C=O)C(=O)OC(C)(C)C. The van der Waals surface area contributed by atoms with Crippen LogP contribution in [0.5, 0.6) is 0 Å². The molecule has 0 rings (SSSR count). The van der Waals surface area contributed by atoms with Crippen molar-refractivity contribution < 1.29 is 14.3 Å². The van der Waals surface area contributed by atoms with Gasteiger partial charge in [-0.1, -0.05) is 5.10 Å². The van der Waals surface area contributed by atoms with E-state index in [9.17, 15) is 9.59 Å². The number of nitrogens with zero attached hydrogens (tertiary/aromatic N) is 2. The van der Waals surface area contributed by atoms with Crippen molar-refractivity contribution in [1.82, 2.24) is 5.01 Å². The van der Waals surface area contributed by atoms with E-state index in [0.29, 0.717) is 0 Å². The summed E-state index contributed by atoms with van der Waals surface area (Å²) >= 11 is 0. The van der Waals surface area contributed by atoms with Gasteiger partial charge in [-0.15, -0.1) is 0 Å². The van der Waals surface area contributed by atoms with Crippen molar-refractivity contribution in [3.8, 4) is 0 Å². The van der Waals surface area contributed by atoms with Crippen molar-refractivity contribution in [2.45, 2.75) is 26.4 Å². The van der Waals surface area contributed by atoms with Gasteiger partial charge in [-0.3, -0.25) is 0 Å². The molecule has 5 heteroatoms. The van der Waals surface area contributed by atoms with Gasteiger partial charge in [-0.2, -0.15) is 5.01 Å². The molecular formula is C7H12N2O3. The Balaban J connectivity index is 4.14. The molecule has 0 unspecified atom stereocenters. The zero-order chi connectivity index (χ0) is 9.78. The minimum absolute atomic E-state index is 0.580. The number of rotatable bonds is 1. The van der Waals surface area contributed by atoms with Gasteiger partial charge in [0.15, 0.2) is 0 Å². The number of carbonyl (C=O) groups is 1. The van der Waals surface area contributed by atoms with Gasteiger partial charge in [-0.25, -0.2) is 9.59 Å². The van der Waals surface area contributed by atoms with Crippen LogP contribution < -0.4 is 0 Å². The third-order valence-corrected chi connectivity index (χ3v) is 0.849. The number of ether oxygens (including phenoxy) is 1. The van der Waals surface area contributed by atoms with Crippen LogP contribution >= 0.6 is 0 Å².